The Labute approximate surface area is 71.7 Å². The van der Waals surface area contributed by atoms with Gasteiger partial charge in [-0.25, -0.2) is 0 Å². The van der Waals surface area contributed by atoms with Gasteiger partial charge in [0.25, 0.3) is 0 Å². The molecule has 0 saturated heterocycles. The van der Waals surface area contributed by atoms with Crippen LogP contribution in [-0.2, 0) is 9.59 Å². The Kier molecular flexibility index (Phi) is 2.68. The van der Waals surface area contributed by atoms with Gasteiger partial charge in [-0.3, -0.25) is 20.4 Å². The van der Waals surface area contributed by atoms with Crippen LogP contribution in [0, 0.1) is 5.41 Å². The lowest BCUT2D eigenvalue weighted by Crippen LogP contribution is -2.44. The van der Waals surface area contributed by atoms with E-state index in [1.165, 1.54) is 0 Å². The van der Waals surface area contributed by atoms with Crippen molar-refractivity contribution in [1.82, 2.24) is 10.9 Å². The fraction of sp³-hybridized carbons (Fsp3) is 0.750. The minimum atomic E-state index is -0.268. The van der Waals surface area contributed by atoms with Gasteiger partial charge in [0, 0.05) is 5.41 Å². The standard InChI is InChI=1S/C8H14N2O2/c1-8(4-2-3-5-8)7(12)10-9-6-11/h6H,2-5H2,1H3,(H,9,11)(H,10,12). The molecule has 0 radical (unpaired) electrons. The number of nitrogens with one attached hydrogen (secondary N) is 2. The lowest BCUT2D eigenvalue weighted by Gasteiger charge is -2.21. The van der Waals surface area contributed by atoms with E-state index in [1.807, 2.05) is 6.92 Å². The summed E-state index contributed by atoms with van der Waals surface area (Å²) in [6.45, 7) is 1.93. The first kappa shape index (κ1) is 9.03. The predicted octanol–water partition coefficient (Wildman–Crippen LogP) is 0.344. The summed E-state index contributed by atoms with van der Waals surface area (Å²) in [5, 5.41) is 0. The van der Waals surface area contributed by atoms with E-state index in [9.17, 15) is 9.59 Å². The molecular weight excluding hydrogens is 156 g/mol. The molecule has 1 saturated carbocycles. The van der Waals surface area contributed by atoms with Crippen molar-refractivity contribution in [1.29, 1.82) is 0 Å². The van der Waals surface area contributed by atoms with Gasteiger partial charge >= 0.3 is 0 Å². The molecule has 1 aliphatic carbocycles. The van der Waals surface area contributed by atoms with Gasteiger partial charge in [0.05, 0.1) is 0 Å². The lowest BCUT2D eigenvalue weighted by molar-refractivity contribution is -0.132. The first-order valence-corrected chi connectivity index (χ1v) is 4.19. The summed E-state index contributed by atoms with van der Waals surface area (Å²) in [6.07, 6.45) is 4.50. The van der Waals surface area contributed by atoms with Crippen LogP contribution in [0.4, 0.5) is 0 Å². The predicted molar refractivity (Wildman–Crippen MR) is 43.9 cm³/mol. The maximum absolute atomic E-state index is 11.4. The lowest BCUT2D eigenvalue weighted by atomic mass is 9.88. The highest BCUT2D eigenvalue weighted by Gasteiger charge is 2.35. The Hall–Kier alpha value is -1.06. The number of carbonyl (C=O) groups is 2. The molecule has 1 fully saturated rings. The molecule has 4 nitrogen and oxygen atoms in total. The van der Waals surface area contributed by atoms with Crippen LogP contribution in [0.3, 0.4) is 0 Å². The topological polar surface area (TPSA) is 58.2 Å². The van der Waals surface area contributed by atoms with Gasteiger partial charge in [0.1, 0.15) is 0 Å². The Balaban J connectivity index is 2.44. The molecule has 2 N–H and O–H groups in total. The van der Waals surface area contributed by atoms with Crippen LogP contribution < -0.4 is 10.9 Å². The van der Waals surface area contributed by atoms with Crippen molar-refractivity contribution in [3.05, 3.63) is 0 Å². The molecule has 1 aliphatic rings. The molecule has 0 aromatic rings. The molecule has 0 atom stereocenters. The van der Waals surface area contributed by atoms with E-state index in [1.54, 1.807) is 0 Å². The third-order valence-corrected chi connectivity index (χ3v) is 2.50. The van der Waals surface area contributed by atoms with Crippen molar-refractivity contribution in [2.75, 3.05) is 0 Å². The Morgan fingerprint density at radius 3 is 2.50 bits per heavy atom. The van der Waals surface area contributed by atoms with Crippen molar-refractivity contribution in [2.45, 2.75) is 32.6 Å². The van der Waals surface area contributed by atoms with Gasteiger partial charge in [0.15, 0.2) is 0 Å². The molecule has 0 aromatic carbocycles. The summed E-state index contributed by atoms with van der Waals surface area (Å²) < 4.78 is 0. The van der Waals surface area contributed by atoms with Crippen LogP contribution in [0.2, 0.25) is 0 Å². The van der Waals surface area contributed by atoms with Crippen LogP contribution in [0.25, 0.3) is 0 Å². The zero-order chi connectivity index (χ0) is 9.03. The van der Waals surface area contributed by atoms with E-state index >= 15 is 0 Å². The highest BCUT2D eigenvalue weighted by atomic mass is 16.2. The molecule has 0 bridgehead atoms. The number of hydrogen-bond acceptors (Lipinski definition) is 2. The summed E-state index contributed by atoms with van der Waals surface area (Å²) in [7, 11) is 0. The minimum absolute atomic E-state index is 0.0768. The average Bonchev–Trinajstić information content (AvgIpc) is 2.49. The number of hydrazine groups is 1. The van der Waals surface area contributed by atoms with E-state index in [4.69, 9.17) is 0 Å². The fourth-order valence-corrected chi connectivity index (χ4v) is 1.63. The van der Waals surface area contributed by atoms with Crippen LogP contribution >= 0.6 is 0 Å². The van der Waals surface area contributed by atoms with E-state index < -0.39 is 0 Å². The second kappa shape index (κ2) is 3.56. The quantitative estimate of drug-likeness (QED) is 0.474. The summed E-state index contributed by atoms with van der Waals surface area (Å²) in [6, 6.07) is 0. The van der Waals surface area contributed by atoms with Crippen LogP contribution in [0.5, 0.6) is 0 Å². The molecule has 0 heterocycles. The molecule has 0 spiro atoms. The summed E-state index contributed by atoms with van der Waals surface area (Å²) in [4.78, 5) is 21.3. The first-order chi connectivity index (χ1) is 5.69. The van der Waals surface area contributed by atoms with Crippen molar-refractivity contribution in [3.63, 3.8) is 0 Å². The SMILES string of the molecule is CC1(C(=O)NNC=O)CCCC1. The Morgan fingerprint density at radius 1 is 1.42 bits per heavy atom. The second-order valence-corrected chi connectivity index (χ2v) is 3.48. The smallest absolute Gasteiger partial charge is 0.244 e. The molecule has 68 valence electrons. The number of carbonyl (C=O) groups excluding carboxylic acids is 2. The van der Waals surface area contributed by atoms with Crippen molar-refractivity contribution >= 4 is 12.3 Å². The maximum atomic E-state index is 11.4. The molecule has 0 aromatic heterocycles. The second-order valence-electron chi connectivity index (χ2n) is 3.48. The normalized spacial score (nSPS) is 20.1. The third-order valence-electron chi connectivity index (χ3n) is 2.50. The summed E-state index contributed by atoms with van der Waals surface area (Å²) >= 11 is 0. The van der Waals surface area contributed by atoms with Gasteiger partial charge in [-0.2, -0.15) is 0 Å². The number of hydrogen-bond donors (Lipinski definition) is 2. The fourth-order valence-electron chi connectivity index (χ4n) is 1.63. The summed E-state index contributed by atoms with van der Waals surface area (Å²) in [5.74, 6) is -0.0768. The van der Waals surface area contributed by atoms with E-state index in [2.05, 4.69) is 10.9 Å². The van der Waals surface area contributed by atoms with Crippen LogP contribution in [0.1, 0.15) is 32.6 Å². The monoisotopic (exact) mass is 170 g/mol. The van der Waals surface area contributed by atoms with Crippen LogP contribution in [0.15, 0.2) is 0 Å². The molecule has 4 heteroatoms. The zero-order valence-electron chi connectivity index (χ0n) is 7.22. The third kappa shape index (κ3) is 1.75. The van der Waals surface area contributed by atoms with Gasteiger partial charge < -0.3 is 0 Å². The molecule has 12 heavy (non-hydrogen) atoms. The van der Waals surface area contributed by atoms with Crippen molar-refractivity contribution in [2.24, 2.45) is 5.41 Å². The highest BCUT2D eigenvalue weighted by molar-refractivity contribution is 5.82. The number of amides is 2. The van der Waals surface area contributed by atoms with E-state index in [0.717, 1.165) is 25.7 Å². The molecule has 0 aliphatic heterocycles. The first-order valence-electron chi connectivity index (χ1n) is 4.19. The average molecular weight is 170 g/mol. The van der Waals surface area contributed by atoms with E-state index in [-0.39, 0.29) is 11.3 Å². The largest absolute Gasteiger partial charge is 0.277 e. The molecule has 2 amide bonds. The van der Waals surface area contributed by atoms with Crippen LogP contribution in [-0.4, -0.2) is 12.3 Å². The van der Waals surface area contributed by atoms with Gasteiger partial charge in [-0.1, -0.05) is 19.8 Å². The Morgan fingerprint density at radius 2 is 2.00 bits per heavy atom. The maximum Gasteiger partial charge on any atom is 0.244 e. The van der Waals surface area contributed by atoms with Gasteiger partial charge in [0.2, 0.25) is 12.3 Å². The molecule has 0 unspecified atom stereocenters. The number of rotatable bonds is 3. The molecule has 1 rings (SSSR count). The van der Waals surface area contributed by atoms with Gasteiger partial charge in [-0.15, -0.1) is 0 Å². The van der Waals surface area contributed by atoms with Gasteiger partial charge in [-0.05, 0) is 12.8 Å². The Bertz CT molecular complexity index is 185. The van der Waals surface area contributed by atoms with Crippen molar-refractivity contribution in [3.8, 4) is 0 Å². The van der Waals surface area contributed by atoms with Crippen molar-refractivity contribution < 1.29 is 9.59 Å². The zero-order valence-corrected chi connectivity index (χ0v) is 7.22. The summed E-state index contributed by atoms with van der Waals surface area (Å²) in [5.41, 5.74) is 4.26. The highest BCUT2D eigenvalue weighted by Crippen LogP contribution is 2.37. The molecular formula is C8H14N2O2. The minimum Gasteiger partial charge on any atom is -0.277 e. The van der Waals surface area contributed by atoms with E-state index in [0.29, 0.717) is 6.41 Å².